The topological polar surface area (TPSA) is 66.8 Å². The lowest BCUT2D eigenvalue weighted by molar-refractivity contribution is -0.138. The van der Waals surface area contributed by atoms with E-state index < -0.39 is 11.9 Å². The number of carboxylic acids is 1. The molecule has 0 aliphatic heterocycles. The second-order valence-corrected chi connectivity index (χ2v) is 3.23. The van der Waals surface area contributed by atoms with Gasteiger partial charge in [0.15, 0.2) is 0 Å². The molecule has 0 aliphatic carbocycles. The first-order chi connectivity index (χ1) is 7.10. The van der Waals surface area contributed by atoms with Gasteiger partial charge in [-0.25, -0.2) is 0 Å². The van der Waals surface area contributed by atoms with Crippen molar-refractivity contribution in [3.05, 3.63) is 23.8 Å². The summed E-state index contributed by atoms with van der Waals surface area (Å²) in [4.78, 5) is 11.0. The van der Waals surface area contributed by atoms with Gasteiger partial charge in [0, 0.05) is 11.6 Å². The molecule has 0 bridgehead atoms. The molecule has 4 heteroatoms. The van der Waals surface area contributed by atoms with Crippen LogP contribution in [0.4, 0.5) is 0 Å². The molecule has 1 atom stereocenters. The van der Waals surface area contributed by atoms with Gasteiger partial charge >= 0.3 is 5.97 Å². The second kappa shape index (κ2) is 4.68. The molecule has 0 fully saturated rings. The molecule has 1 rings (SSSR count). The smallest absolute Gasteiger partial charge is 0.311 e. The zero-order chi connectivity index (χ0) is 11.4. The quantitative estimate of drug-likeness (QED) is 0.797. The summed E-state index contributed by atoms with van der Waals surface area (Å²) >= 11 is 0. The summed E-state index contributed by atoms with van der Waals surface area (Å²) in [5.74, 6) is -1.01. The van der Waals surface area contributed by atoms with Crippen LogP contribution in [0.3, 0.4) is 0 Å². The molecule has 15 heavy (non-hydrogen) atoms. The van der Waals surface area contributed by atoms with Gasteiger partial charge in [-0.05, 0) is 12.5 Å². The number of carbonyl (C=O) groups is 1. The number of rotatable bonds is 4. The highest BCUT2D eigenvalue weighted by molar-refractivity contribution is 5.77. The highest BCUT2D eigenvalue weighted by atomic mass is 16.5. The van der Waals surface area contributed by atoms with E-state index in [2.05, 4.69) is 0 Å². The molecular formula is C11H14O4. The number of phenolic OH excluding ortho intramolecular Hbond substituents is 1. The van der Waals surface area contributed by atoms with Crippen LogP contribution in [0.5, 0.6) is 11.5 Å². The van der Waals surface area contributed by atoms with Gasteiger partial charge in [-0.2, -0.15) is 0 Å². The molecule has 0 spiro atoms. The third-order valence-corrected chi connectivity index (χ3v) is 2.30. The van der Waals surface area contributed by atoms with E-state index in [0.717, 1.165) is 0 Å². The van der Waals surface area contributed by atoms with Crippen molar-refractivity contribution in [1.29, 1.82) is 0 Å². The fourth-order valence-electron chi connectivity index (χ4n) is 1.52. The largest absolute Gasteiger partial charge is 0.508 e. The standard InChI is InChI=1S/C11H14O4/c1-3-8(11(13)14)9-5-4-7(12)6-10(9)15-2/h4-6,8,12H,3H2,1-2H3,(H,13,14). The molecule has 0 aromatic heterocycles. The van der Waals surface area contributed by atoms with E-state index in [0.29, 0.717) is 17.7 Å². The molecule has 1 aromatic carbocycles. The normalized spacial score (nSPS) is 12.1. The Morgan fingerprint density at radius 2 is 2.20 bits per heavy atom. The van der Waals surface area contributed by atoms with E-state index in [-0.39, 0.29) is 5.75 Å². The maximum Gasteiger partial charge on any atom is 0.311 e. The number of ether oxygens (including phenoxy) is 1. The van der Waals surface area contributed by atoms with Crippen molar-refractivity contribution in [2.24, 2.45) is 0 Å². The first-order valence-electron chi connectivity index (χ1n) is 4.69. The number of benzene rings is 1. The molecule has 82 valence electrons. The lowest BCUT2D eigenvalue weighted by atomic mass is 9.95. The molecule has 4 nitrogen and oxygen atoms in total. The summed E-state index contributed by atoms with van der Waals surface area (Å²) in [6.45, 7) is 1.80. The van der Waals surface area contributed by atoms with Crippen molar-refractivity contribution >= 4 is 5.97 Å². The fraction of sp³-hybridized carbons (Fsp3) is 0.364. The highest BCUT2D eigenvalue weighted by Crippen LogP contribution is 2.31. The van der Waals surface area contributed by atoms with Crippen LogP contribution in [0.1, 0.15) is 24.8 Å². The molecule has 0 aliphatic rings. The minimum absolute atomic E-state index is 0.0656. The van der Waals surface area contributed by atoms with Crippen molar-refractivity contribution in [2.75, 3.05) is 7.11 Å². The first kappa shape index (κ1) is 11.4. The summed E-state index contributed by atoms with van der Waals surface area (Å²) in [5.41, 5.74) is 0.588. The number of methoxy groups -OCH3 is 1. The van der Waals surface area contributed by atoms with Gasteiger partial charge in [-0.3, -0.25) is 4.79 Å². The second-order valence-electron chi connectivity index (χ2n) is 3.23. The highest BCUT2D eigenvalue weighted by Gasteiger charge is 2.21. The van der Waals surface area contributed by atoms with E-state index >= 15 is 0 Å². The summed E-state index contributed by atoms with van der Waals surface area (Å²) in [7, 11) is 1.45. The summed E-state index contributed by atoms with van der Waals surface area (Å²) in [6.07, 6.45) is 0.483. The number of carboxylic acid groups (broad SMARTS) is 1. The van der Waals surface area contributed by atoms with Crippen molar-refractivity contribution in [1.82, 2.24) is 0 Å². The van der Waals surface area contributed by atoms with E-state index in [4.69, 9.17) is 9.84 Å². The maximum atomic E-state index is 11.0. The van der Waals surface area contributed by atoms with Gasteiger partial charge in [0.25, 0.3) is 0 Å². The van der Waals surface area contributed by atoms with Crippen LogP contribution in [0.15, 0.2) is 18.2 Å². The summed E-state index contributed by atoms with van der Waals surface area (Å²) in [5, 5.41) is 18.2. The van der Waals surface area contributed by atoms with Crippen molar-refractivity contribution in [2.45, 2.75) is 19.3 Å². The zero-order valence-corrected chi connectivity index (χ0v) is 8.73. The van der Waals surface area contributed by atoms with Gasteiger partial charge in [0.2, 0.25) is 0 Å². The lowest BCUT2D eigenvalue weighted by Crippen LogP contribution is -2.11. The predicted octanol–water partition coefficient (Wildman–Crippen LogP) is 1.98. The Kier molecular flexibility index (Phi) is 3.55. The maximum absolute atomic E-state index is 11.0. The molecule has 0 saturated carbocycles. The van der Waals surface area contributed by atoms with Gasteiger partial charge in [-0.1, -0.05) is 13.0 Å². The van der Waals surface area contributed by atoms with Crippen LogP contribution in [0, 0.1) is 0 Å². The first-order valence-corrected chi connectivity index (χ1v) is 4.69. The van der Waals surface area contributed by atoms with Crippen LogP contribution in [-0.4, -0.2) is 23.3 Å². The van der Waals surface area contributed by atoms with Crippen LogP contribution < -0.4 is 4.74 Å². The van der Waals surface area contributed by atoms with Gasteiger partial charge in [0.05, 0.1) is 13.0 Å². The molecule has 0 saturated heterocycles. The van der Waals surface area contributed by atoms with E-state index in [1.165, 1.54) is 19.2 Å². The van der Waals surface area contributed by atoms with E-state index in [9.17, 15) is 9.90 Å². The summed E-state index contributed by atoms with van der Waals surface area (Å²) < 4.78 is 5.04. The average molecular weight is 210 g/mol. The van der Waals surface area contributed by atoms with Gasteiger partial charge in [-0.15, -0.1) is 0 Å². The van der Waals surface area contributed by atoms with Crippen LogP contribution >= 0.6 is 0 Å². The van der Waals surface area contributed by atoms with Crippen molar-refractivity contribution in [3.63, 3.8) is 0 Å². The lowest BCUT2D eigenvalue weighted by Gasteiger charge is -2.14. The van der Waals surface area contributed by atoms with Crippen LogP contribution in [0.2, 0.25) is 0 Å². The fourth-order valence-corrected chi connectivity index (χ4v) is 1.52. The average Bonchev–Trinajstić information content (AvgIpc) is 2.20. The summed E-state index contributed by atoms with van der Waals surface area (Å²) in [6, 6.07) is 4.46. The Labute approximate surface area is 88.1 Å². The number of phenols is 1. The molecular weight excluding hydrogens is 196 g/mol. The van der Waals surface area contributed by atoms with E-state index in [1.807, 2.05) is 0 Å². The predicted molar refractivity (Wildman–Crippen MR) is 55.3 cm³/mol. The Hall–Kier alpha value is -1.71. The monoisotopic (exact) mass is 210 g/mol. The molecule has 2 N–H and O–H groups in total. The zero-order valence-electron chi connectivity index (χ0n) is 8.73. The third kappa shape index (κ3) is 2.40. The third-order valence-electron chi connectivity index (χ3n) is 2.30. The molecule has 0 heterocycles. The molecule has 1 aromatic rings. The van der Waals surface area contributed by atoms with Crippen molar-refractivity contribution in [3.8, 4) is 11.5 Å². The van der Waals surface area contributed by atoms with Crippen LogP contribution in [-0.2, 0) is 4.79 Å². The number of aliphatic carboxylic acids is 1. The van der Waals surface area contributed by atoms with Gasteiger partial charge in [0.1, 0.15) is 11.5 Å². The molecule has 1 unspecified atom stereocenters. The number of aromatic hydroxyl groups is 1. The number of hydrogen-bond donors (Lipinski definition) is 2. The van der Waals surface area contributed by atoms with Crippen molar-refractivity contribution < 1.29 is 19.7 Å². The minimum Gasteiger partial charge on any atom is -0.508 e. The Bertz CT molecular complexity index is 360. The van der Waals surface area contributed by atoms with Crippen LogP contribution in [0.25, 0.3) is 0 Å². The molecule has 0 radical (unpaired) electrons. The SMILES string of the molecule is CCC(C(=O)O)c1ccc(O)cc1OC. The Morgan fingerprint density at radius 3 is 2.67 bits per heavy atom. The Balaban J connectivity index is 3.16. The van der Waals surface area contributed by atoms with Gasteiger partial charge < -0.3 is 14.9 Å². The minimum atomic E-state index is -0.888. The molecule has 0 amide bonds. The number of hydrogen-bond acceptors (Lipinski definition) is 3. The Morgan fingerprint density at radius 1 is 1.53 bits per heavy atom. The van der Waals surface area contributed by atoms with E-state index in [1.54, 1.807) is 13.0 Å².